The first-order valence-corrected chi connectivity index (χ1v) is 13.0. The first-order valence-electron chi connectivity index (χ1n) is 11.7. The summed E-state index contributed by atoms with van der Waals surface area (Å²) in [6.07, 6.45) is 0. The molecule has 2 N–H and O–H groups in total. The number of hydrogen-bond acceptors (Lipinski definition) is 7. The molecule has 38 heavy (non-hydrogen) atoms. The SMILES string of the molecule is Cc1ccc(OCc2nnc(SC(C)C(=O)NNC(=O)COc3ccc(Cl)cc3)n2-c2ccccc2)cc1. The van der Waals surface area contributed by atoms with Gasteiger partial charge in [-0.05, 0) is 62.4 Å². The molecule has 1 atom stereocenters. The van der Waals surface area contributed by atoms with E-state index in [0.717, 1.165) is 17.0 Å². The van der Waals surface area contributed by atoms with E-state index in [2.05, 4.69) is 21.0 Å². The lowest BCUT2D eigenvalue weighted by Crippen LogP contribution is -2.46. The highest BCUT2D eigenvalue weighted by Crippen LogP contribution is 2.26. The van der Waals surface area contributed by atoms with Crippen LogP contribution in [-0.2, 0) is 16.2 Å². The van der Waals surface area contributed by atoms with Gasteiger partial charge in [0, 0.05) is 10.7 Å². The van der Waals surface area contributed by atoms with Gasteiger partial charge in [0.05, 0.1) is 5.25 Å². The van der Waals surface area contributed by atoms with Crippen LogP contribution in [0.5, 0.6) is 11.5 Å². The van der Waals surface area contributed by atoms with Gasteiger partial charge in [0.15, 0.2) is 17.6 Å². The molecule has 196 valence electrons. The predicted molar refractivity (Wildman–Crippen MR) is 145 cm³/mol. The average Bonchev–Trinajstić information content (AvgIpc) is 3.33. The number of nitrogens with one attached hydrogen (secondary N) is 2. The van der Waals surface area contributed by atoms with Crippen molar-refractivity contribution in [1.82, 2.24) is 25.6 Å². The number of carbonyl (C=O) groups is 2. The molecule has 0 aliphatic rings. The zero-order valence-electron chi connectivity index (χ0n) is 20.8. The summed E-state index contributed by atoms with van der Waals surface area (Å²) in [5.74, 6) is 0.876. The van der Waals surface area contributed by atoms with E-state index in [1.54, 1.807) is 31.2 Å². The second-order valence-corrected chi connectivity index (χ2v) is 9.96. The van der Waals surface area contributed by atoms with Crippen molar-refractivity contribution in [2.24, 2.45) is 0 Å². The van der Waals surface area contributed by atoms with E-state index in [-0.39, 0.29) is 13.2 Å². The second-order valence-electron chi connectivity index (χ2n) is 8.21. The molecule has 1 aromatic heterocycles. The van der Waals surface area contributed by atoms with Gasteiger partial charge < -0.3 is 9.47 Å². The molecule has 0 saturated carbocycles. The minimum absolute atomic E-state index is 0.190. The van der Waals surface area contributed by atoms with Gasteiger partial charge in [0.25, 0.3) is 11.8 Å². The maximum absolute atomic E-state index is 12.7. The Morgan fingerprint density at radius 1 is 0.921 bits per heavy atom. The number of para-hydroxylation sites is 1. The van der Waals surface area contributed by atoms with Crippen LogP contribution < -0.4 is 20.3 Å². The highest BCUT2D eigenvalue weighted by atomic mass is 35.5. The van der Waals surface area contributed by atoms with Gasteiger partial charge in [0.2, 0.25) is 0 Å². The van der Waals surface area contributed by atoms with Crippen molar-refractivity contribution in [2.75, 3.05) is 6.61 Å². The molecule has 0 saturated heterocycles. The summed E-state index contributed by atoms with van der Waals surface area (Å²) >= 11 is 7.05. The number of thioether (sulfide) groups is 1. The van der Waals surface area contributed by atoms with E-state index in [1.807, 2.05) is 66.1 Å². The average molecular weight is 552 g/mol. The topological polar surface area (TPSA) is 107 Å². The first kappa shape index (κ1) is 27.0. The summed E-state index contributed by atoms with van der Waals surface area (Å²) in [5.41, 5.74) is 6.76. The summed E-state index contributed by atoms with van der Waals surface area (Å²) in [6, 6.07) is 23.9. The molecule has 4 rings (SSSR count). The number of carbonyl (C=O) groups excluding carboxylic acids is 2. The molecule has 2 amide bonds. The molecule has 3 aromatic carbocycles. The molecule has 11 heteroatoms. The Morgan fingerprint density at radius 2 is 1.58 bits per heavy atom. The van der Waals surface area contributed by atoms with Gasteiger partial charge in [-0.2, -0.15) is 0 Å². The number of benzene rings is 3. The molecule has 0 aliphatic carbocycles. The van der Waals surface area contributed by atoms with E-state index in [9.17, 15) is 9.59 Å². The lowest BCUT2D eigenvalue weighted by atomic mass is 10.2. The van der Waals surface area contributed by atoms with E-state index in [1.165, 1.54) is 11.8 Å². The van der Waals surface area contributed by atoms with Crippen molar-refractivity contribution in [2.45, 2.75) is 30.9 Å². The predicted octanol–water partition coefficient (Wildman–Crippen LogP) is 4.52. The Balaban J connectivity index is 1.36. The van der Waals surface area contributed by atoms with Crippen LogP contribution >= 0.6 is 23.4 Å². The third-order valence-electron chi connectivity index (χ3n) is 5.26. The minimum atomic E-state index is -0.593. The Hall–Kier alpha value is -4.02. The van der Waals surface area contributed by atoms with E-state index >= 15 is 0 Å². The van der Waals surface area contributed by atoms with Crippen LogP contribution in [0.3, 0.4) is 0 Å². The van der Waals surface area contributed by atoms with Crippen molar-refractivity contribution in [3.05, 3.63) is 95.3 Å². The van der Waals surface area contributed by atoms with Crippen LogP contribution in [0, 0.1) is 6.92 Å². The van der Waals surface area contributed by atoms with Gasteiger partial charge in [-0.3, -0.25) is 25.0 Å². The molecule has 0 bridgehead atoms. The lowest BCUT2D eigenvalue weighted by molar-refractivity contribution is -0.129. The van der Waals surface area contributed by atoms with Crippen molar-refractivity contribution in [1.29, 1.82) is 0 Å². The highest BCUT2D eigenvalue weighted by Gasteiger charge is 2.22. The van der Waals surface area contributed by atoms with Crippen LogP contribution in [0.15, 0.2) is 84.0 Å². The number of rotatable bonds is 10. The number of amides is 2. The summed E-state index contributed by atoms with van der Waals surface area (Å²) in [4.78, 5) is 24.8. The zero-order chi connectivity index (χ0) is 26.9. The van der Waals surface area contributed by atoms with E-state index < -0.39 is 17.1 Å². The third kappa shape index (κ3) is 7.50. The normalized spacial score (nSPS) is 11.4. The van der Waals surface area contributed by atoms with Crippen molar-refractivity contribution in [3.63, 3.8) is 0 Å². The third-order valence-corrected chi connectivity index (χ3v) is 6.56. The summed E-state index contributed by atoms with van der Waals surface area (Å²) < 4.78 is 13.1. The summed E-state index contributed by atoms with van der Waals surface area (Å²) in [5, 5.41) is 9.10. The van der Waals surface area contributed by atoms with Crippen LogP contribution in [0.25, 0.3) is 5.69 Å². The molecule has 1 heterocycles. The zero-order valence-corrected chi connectivity index (χ0v) is 22.3. The fourth-order valence-electron chi connectivity index (χ4n) is 3.25. The smallest absolute Gasteiger partial charge is 0.276 e. The van der Waals surface area contributed by atoms with E-state index in [4.69, 9.17) is 21.1 Å². The largest absolute Gasteiger partial charge is 0.486 e. The Bertz CT molecular complexity index is 1360. The Kier molecular flexibility index (Phi) is 9.23. The van der Waals surface area contributed by atoms with Crippen molar-refractivity contribution in [3.8, 4) is 17.2 Å². The summed E-state index contributed by atoms with van der Waals surface area (Å²) in [6.45, 7) is 3.64. The molecular formula is C27H26ClN5O4S. The minimum Gasteiger partial charge on any atom is -0.486 e. The Labute approximate surface area is 229 Å². The number of hydrazine groups is 1. The monoisotopic (exact) mass is 551 g/mol. The van der Waals surface area contributed by atoms with Crippen LogP contribution in [0.1, 0.15) is 18.3 Å². The van der Waals surface area contributed by atoms with Gasteiger partial charge in [0.1, 0.15) is 18.1 Å². The molecule has 0 aliphatic heterocycles. The molecule has 1 unspecified atom stereocenters. The fourth-order valence-corrected chi connectivity index (χ4v) is 4.26. The fraction of sp³-hybridized carbons (Fsp3) is 0.185. The summed E-state index contributed by atoms with van der Waals surface area (Å²) in [7, 11) is 0. The number of aromatic nitrogens is 3. The maximum atomic E-state index is 12.7. The van der Waals surface area contributed by atoms with Crippen molar-refractivity contribution < 1.29 is 19.1 Å². The number of ether oxygens (including phenoxy) is 2. The molecule has 0 fully saturated rings. The standard InChI is InChI=1S/C27H26ClN5O4S/c1-18-8-12-22(13-9-18)36-16-24-29-32-27(33(24)21-6-4-3-5-7-21)38-19(2)26(35)31-30-25(34)17-37-23-14-10-20(28)11-15-23/h3-15,19H,16-17H2,1-2H3,(H,30,34)(H,31,35). The molecular weight excluding hydrogens is 526 g/mol. The Morgan fingerprint density at radius 3 is 2.29 bits per heavy atom. The number of aryl methyl sites for hydroxylation is 1. The lowest BCUT2D eigenvalue weighted by Gasteiger charge is -2.15. The number of nitrogens with zero attached hydrogens (tertiary/aromatic N) is 3. The van der Waals surface area contributed by atoms with Gasteiger partial charge in [-0.25, -0.2) is 0 Å². The number of halogens is 1. The van der Waals surface area contributed by atoms with E-state index in [0.29, 0.717) is 21.8 Å². The van der Waals surface area contributed by atoms with Gasteiger partial charge >= 0.3 is 0 Å². The molecule has 4 aromatic rings. The molecule has 0 radical (unpaired) electrons. The van der Waals surface area contributed by atoms with Gasteiger partial charge in [-0.1, -0.05) is 59.3 Å². The van der Waals surface area contributed by atoms with Crippen molar-refractivity contribution >= 4 is 35.2 Å². The quantitative estimate of drug-likeness (QED) is 0.220. The maximum Gasteiger partial charge on any atom is 0.276 e. The number of hydrogen-bond donors (Lipinski definition) is 2. The first-order chi connectivity index (χ1) is 18.4. The highest BCUT2D eigenvalue weighted by molar-refractivity contribution is 8.00. The van der Waals surface area contributed by atoms with Crippen LogP contribution in [0.4, 0.5) is 0 Å². The van der Waals surface area contributed by atoms with Crippen LogP contribution in [0.2, 0.25) is 5.02 Å². The molecule has 0 spiro atoms. The van der Waals surface area contributed by atoms with Crippen LogP contribution in [-0.4, -0.2) is 38.4 Å². The molecule has 9 nitrogen and oxygen atoms in total. The second kappa shape index (κ2) is 13.0. The van der Waals surface area contributed by atoms with Gasteiger partial charge in [-0.15, -0.1) is 10.2 Å².